The zero-order valence-corrected chi connectivity index (χ0v) is 12.9. The molecule has 1 amide bonds. The van der Waals surface area contributed by atoms with Crippen LogP contribution in [0.15, 0.2) is 18.2 Å². The highest BCUT2D eigenvalue weighted by atomic mass is 16.6. The van der Waals surface area contributed by atoms with Crippen molar-refractivity contribution in [2.24, 2.45) is 0 Å². The lowest BCUT2D eigenvalue weighted by Gasteiger charge is -2.23. The van der Waals surface area contributed by atoms with Gasteiger partial charge in [0.2, 0.25) is 5.91 Å². The van der Waals surface area contributed by atoms with Crippen molar-refractivity contribution in [1.82, 2.24) is 0 Å². The van der Waals surface area contributed by atoms with Crippen LogP contribution < -0.4 is 10.2 Å². The molecule has 1 aliphatic rings. The van der Waals surface area contributed by atoms with E-state index >= 15 is 0 Å². The maximum absolute atomic E-state index is 11.4. The van der Waals surface area contributed by atoms with Crippen LogP contribution in [0.1, 0.15) is 26.2 Å². The van der Waals surface area contributed by atoms with Crippen molar-refractivity contribution in [2.45, 2.75) is 32.3 Å². The average Bonchev–Trinajstić information content (AvgIpc) is 2.52. The number of carbonyl (C=O) groups is 1. The Kier molecular flexibility index (Phi) is 5.32. The first-order chi connectivity index (χ1) is 10.5. The van der Waals surface area contributed by atoms with E-state index < -0.39 is 4.92 Å². The summed E-state index contributed by atoms with van der Waals surface area (Å²) in [6.45, 7) is 2.71. The topological polar surface area (TPSA) is 84.7 Å². The number of carbonyl (C=O) groups excluding carboxylic acids is 1. The van der Waals surface area contributed by atoms with E-state index in [0.29, 0.717) is 17.9 Å². The lowest BCUT2D eigenvalue weighted by molar-refractivity contribution is -0.383. The molecule has 0 radical (unpaired) electrons. The molecule has 7 heteroatoms. The van der Waals surface area contributed by atoms with E-state index in [-0.39, 0.29) is 17.7 Å². The average molecular weight is 307 g/mol. The Balaban J connectivity index is 2.12. The molecule has 0 aromatic heterocycles. The smallest absolute Gasteiger partial charge is 0.294 e. The summed E-state index contributed by atoms with van der Waals surface area (Å²) in [5.74, 6) is -0.175. The van der Waals surface area contributed by atoms with E-state index in [4.69, 9.17) is 4.74 Å². The van der Waals surface area contributed by atoms with Gasteiger partial charge in [-0.25, -0.2) is 0 Å². The predicted molar refractivity (Wildman–Crippen MR) is 84.3 cm³/mol. The van der Waals surface area contributed by atoms with Gasteiger partial charge in [0.1, 0.15) is 5.69 Å². The normalized spacial score (nSPS) is 17.8. The summed E-state index contributed by atoms with van der Waals surface area (Å²) in [6.07, 6.45) is 3.25. The minimum absolute atomic E-state index is 0.0404. The maximum atomic E-state index is 11.4. The van der Waals surface area contributed by atoms with Crippen molar-refractivity contribution in [2.75, 3.05) is 30.4 Å². The van der Waals surface area contributed by atoms with Gasteiger partial charge in [0.25, 0.3) is 5.69 Å². The lowest BCUT2D eigenvalue weighted by Crippen LogP contribution is -2.27. The zero-order chi connectivity index (χ0) is 16.1. The minimum Gasteiger partial charge on any atom is -0.377 e. The molecule has 0 bridgehead atoms. The van der Waals surface area contributed by atoms with Crippen LogP contribution in [0.25, 0.3) is 0 Å². The number of ether oxygens (including phenoxy) is 1. The summed E-state index contributed by atoms with van der Waals surface area (Å²) >= 11 is 0. The zero-order valence-electron chi connectivity index (χ0n) is 12.9. The first-order valence-electron chi connectivity index (χ1n) is 7.37. The fourth-order valence-corrected chi connectivity index (χ4v) is 2.40. The highest BCUT2D eigenvalue weighted by molar-refractivity contribution is 5.91. The summed E-state index contributed by atoms with van der Waals surface area (Å²) in [5, 5.41) is 14.3. The number of rotatable bonds is 5. The van der Waals surface area contributed by atoms with Crippen LogP contribution in [0.3, 0.4) is 0 Å². The third-order valence-corrected chi connectivity index (χ3v) is 3.83. The van der Waals surface area contributed by atoms with Crippen molar-refractivity contribution in [1.29, 1.82) is 0 Å². The molecule has 1 aromatic rings. The molecule has 22 heavy (non-hydrogen) atoms. The largest absolute Gasteiger partial charge is 0.377 e. The Bertz CT molecular complexity index is 556. The van der Waals surface area contributed by atoms with Crippen LogP contribution in [0.4, 0.5) is 17.1 Å². The molecule has 1 aromatic carbocycles. The molecule has 1 heterocycles. The number of nitro benzene ring substituents is 1. The van der Waals surface area contributed by atoms with Crippen molar-refractivity contribution in [3.05, 3.63) is 28.3 Å². The summed E-state index contributed by atoms with van der Waals surface area (Å²) < 4.78 is 5.61. The number of nitrogens with zero attached hydrogens (tertiary/aromatic N) is 2. The van der Waals surface area contributed by atoms with Crippen LogP contribution in [0.2, 0.25) is 0 Å². The second-order valence-corrected chi connectivity index (χ2v) is 5.41. The summed E-state index contributed by atoms with van der Waals surface area (Å²) in [7, 11) is 1.59. The first kappa shape index (κ1) is 16.2. The predicted octanol–water partition coefficient (Wildman–Crippen LogP) is 2.56. The number of anilines is 2. The number of hydrogen-bond acceptors (Lipinski definition) is 5. The van der Waals surface area contributed by atoms with Gasteiger partial charge in [-0.05, 0) is 31.4 Å². The highest BCUT2D eigenvalue weighted by Gasteiger charge is 2.19. The Morgan fingerprint density at radius 2 is 2.27 bits per heavy atom. The third kappa shape index (κ3) is 3.94. The lowest BCUT2D eigenvalue weighted by atomic mass is 10.1. The van der Waals surface area contributed by atoms with E-state index in [9.17, 15) is 14.9 Å². The molecule has 120 valence electrons. The third-order valence-electron chi connectivity index (χ3n) is 3.83. The monoisotopic (exact) mass is 307 g/mol. The summed E-state index contributed by atoms with van der Waals surface area (Å²) in [4.78, 5) is 23.5. The van der Waals surface area contributed by atoms with Crippen molar-refractivity contribution < 1.29 is 14.5 Å². The molecule has 1 fully saturated rings. The summed E-state index contributed by atoms with van der Waals surface area (Å²) in [6, 6.07) is 4.74. The molecule has 2 rings (SSSR count). The number of hydrogen-bond donors (Lipinski definition) is 1. The Labute approximate surface area is 129 Å². The first-order valence-corrected chi connectivity index (χ1v) is 7.37. The fraction of sp³-hybridized carbons (Fsp3) is 0.533. The Morgan fingerprint density at radius 1 is 1.50 bits per heavy atom. The fourth-order valence-electron chi connectivity index (χ4n) is 2.40. The second-order valence-electron chi connectivity index (χ2n) is 5.41. The number of amides is 1. The van der Waals surface area contributed by atoms with Gasteiger partial charge in [0.15, 0.2) is 0 Å². The van der Waals surface area contributed by atoms with Crippen molar-refractivity contribution in [3.63, 3.8) is 0 Å². The highest BCUT2D eigenvalue weighted by Crippen LogP contribution is 2.29. The minimum atomic E-state index is -0.443. The van der Waals surface area contributed by atoms with Crippen LogP contribution >= 0.6 is 0 Å². The van der Waals surface area contributed by atoms with Crippen LogP contribution in [-0.2, 0) is 9.53 Å². The molecule has 0 aliphatic carbocycles. The van der Waals surface area contributed by atoms with Crippen LogP contribution in [0, 0.1) is 10.1 Å². The molecule has 1 aliphatic heterocycles. The van der Waals surface area contributed by atoms with Crippen molar-refractivity contribution >= 4 is 23.0 Å². The van der Waals surface area contributed by atoms with Gasteiger partial charge in [0, 0.05) is 33.2 Å². The SMILES string of the molecule is CC(=O)N(C)c1ccc(NCC2CCCCO2)c([N+](=O)[O-])c1. The van der Waals surface area contributed by atoms with Gasteiger partial charge >= 0.3 is 0 Å². The Hall–Kier alpha value is -2.15. The molecule has 0 saturated carbocycles. The second kappa shape index (κ2) is 7.22. The molecule has 0 spiro atoms. The van der Waals surface area contributed by atoms with E-state index in [0.717, 1.165) is 25.9 Å². The van der Waals surface area contributed by atoms with E-state index in [2.05, 4.69) is 5.32 Å². The van der Waals surface area contributed by atoms with Gasteiger partial charge in [-0.1, -0.05) is 0 Å². The molecular formula is C15H21N3O4. The molecule has 1 saturated heterocycles. The maximum Gasteiger partial charge on any atom is 0.294 e. The van der Waals surface area contributed by atoms with E-state index in [1.807, 2.05) is 0 Å². The number of benzene rings is 1. The van der Waals surface area contributed by atoms with Crippen molar-refractivity contribution in [3.8, 4) is 0 Å². The standard InChI is InChI=1S/C15H21N3O4/c1-11(19)17(2)12-6-7-14(15(9-12)18(20)21)16-10-13-5-3-4-8-22-13/h6-7,9,13,16H,3-5,8,10H2,1-2H3. The molecule has 7 nitrogen and oxygen atoms in total. The molecule has 1 unspecified atom stereocenters. The van der Waals surface area contributed by atoms with Crippen LogP contribution in [-0.4, -0.2) is 37.1 Å². The molecular weight excluding hydrogens is 286 g/mol. The molecule has 1 atom stereocenters. The van der Waals surface area contributed by atoms with Crippen LogP contribution in [0.5, 0.6) is 0 Å². The number of nitrogens with one attached hydrogen (secondary N) is 1. The van der Waals surface area contributed by atoms with Gasteiger partial charge in [-0.15, -0.1) is 0 Å². The van der Waals surface area contributed by atoms with Gasteiger partial charge < -0.3 is 15.0 Å². The number of nitro groups is 1. The molecule has 1 N–H and O–H groups in total. The van der Waals surface area contributed by atoms with Gasteiger partial charge in [0.05, 0.1) is 16.7 Å². The quantitative estimate of drug-likeness (QED) is 0.667. The van der Waals surface area contributed by atoms with E-state index in [1.165, 1.54) is 17.9 Å². The Morgan fingerprint density at radius 3 is 2.86 bits per heavy atom. The van der Waals surface area contributed by atoms with Gasteiger partial charge in [-0.3, -0.25) is 14.9 Å². The summed E-state index contributed by atoms with van der Waals surface area (Å²) in [5.41, 5.74) is 0.903. The van der Waals surface area contributed by atoms with Gasteiger partial charge in [-0.2, -0.15) is 0 Å². The van der Waals surface area contributed by atoms with E-state index in [1.54, 1.807) is 19.2 Å².